The molecule has 0 amide bonds. The van der Waals surface area contributed by atoms with E-state index in [0.717, 1.165) is 5.92 Å². The molecule has 0 saturated carbocycles. The van der Waals surface area contributed by atoms with E-state index in [1.807, 2.05) is 0 Å². The van der Waals surface area contributed by atoms with Crippen molar-refractivity contribution in [1.29, 1.82) is 0 Å². The van der Waals surface area contributed by atoms with Gasteiger partial charge in [-0.3, -0.25) is 0 Å². The monoisotopic (exact) mass is 282 g/mol. The Morgan fingerprint density at radius 1 is 1.25 bits per heavy atom. The Kier molecular flexibility index (Phi) is 5.56. The second-order valence-electron chi connectivity index (χ2n) is 3.49. The molecule has 0 atom stereocenters. The fourth-order valence-corrected chi connectivity index (χ4v) is 4.10. The molecule has 0 aliphatic carbocycles. The molecule has 1 rings (SSSR count). The molecule has 74 valence electrons. The third-order valence-electron chi connectivity index (χ3n) is 2.67. The number of hydrogen-bond donors (Lipinski definition) is 0. The van der Waals surface area contributed by atoms with E-state index in [4.69, 9.17) is 0 Å². The molecule has 1 aliphatic rings. The summed E-state index contributed by atoms with van der Waals surface area (Å²) in [5.41, 5.74) is 0. The molecule has 12 heavy (non-hydrogen) atoms. The zero-order valence-corrected chi connectivity index (χ0v) is 10.5. The van der Waals surface area contributed by atoms with E-state index in [9.17, 15) is 0 Å². The molecular weight excluding hydrogens is 261 g/mol. The summed E-state index contributed by atoms with van der Waals surface area (Å²) >= 11 is 0.565. The molecule has 1 nitrogen and oxygen atoms in total. The van der Waals surface area contributed by atoms with Gasteiger partial charge in [-0.15, -0.1) is 0 Å². The van der Waals surface area contributed by atoms with Crippen molar-refractivity contribution in [2.75, 3.05) is 28.5 Å². The first kappa shape index (κ1) is 10.8. The third kappa shape index (κ3) is 3.60. The molecule has 0 radical (unpaired) electrons. The van der Waals surface area contributed by atoms with E-state index in [0.29, 0.717) is 21.2 Å². The quantitative estimate of drug-likeness (QED) is 0.464. The molecule has 0 N–H and O–H groups in total. The molecule has 0 bridgehead atoms. The molecule has 1 fully saturated rings. The van der Waals surface area contributed by atoms with Crippen LogP contribution in [0.3, 0.4) is 0 Å². The van der Waals surface area contributed by atoms with Crippen LogP contribution in [-0.4, -0.2) is 33.4 Å². The Balaban J connectivity index is 2.09. The molecule has 1 saturated heterocycles. The summed E-state index contributed by atoms with van der Waals surface area (Å²) < 4.78 is 3.07. The number of nitrogens with zero attached hydrogens (tertiary/aromatic N) is 1. The van der Waals surface area contributed by atoms with Gasteiger partial charge in [-0.2, -0.15) is 0 Å². The summed E-state index contributed by atoms with van der Waals surface area (Å²) in [7, 11) is 0. The van der Waals surface area contributed by atoms with Gasteiger partial charge in [-0.1, -0.05) is 0 Å². The number of halogens is 1. The number of likely N-dealkylation sites (tertiary alicyclic amines) is 1. The third-order valence-corrected chi connectivity index (χ3v) is 5.62. The summed E-state index contributed by atoms with van der Waals surface area (Å²) in [5, 5.41) is 0. The van der Waals surface area contributed by atoms with Gasteiger partial charge in [0.15, 0.2) is 0 Å². The van der Waals surface area contributed by atoms with Crippen LogP contribution >= 0.6 is 0 Å². The van der Waals surface area contributed by atoms with Crippen LogP contribution in [0, 0.1) is 5.92 Å². The summed E-state index contributed by atoms with van der Waals surface area (Å²) in [6.07, 6.45) is 2.96. The predicted molar refractivity (Wildman–Crippen MR) is 50.2 cm³/mol. The van der Waals surface area contributed by atoms with E-state index >= 15 is 0 Å². The van der Waals surface area contributed by atoms with Crippen LogP contribution in [0.15, 0.2) is 0 Å². The first-order valence-corrected chi connectivity index (χ1v) is 8.17. The van der Waals surface area contributed by atoms with E-state index < -0.39 is 0 Å². The Morgan fingerprint density at radius 2 is 1.92 bits per heavy atom. The molecule has 0 aromatic heterocycles. The zero-order valence-electron chi connectivity index (χ0n) is 8.35. The first-order valence-electron chi connectivity index (χ1n) is 5.12. The number of piperidine rings is 1. The molecule has 1 aliphatic heterocycles. The second kappa shape index (κ2) is 6.19. The summed E-state index contributed by atoms with van der Waals surface area (Å²) in [6.45, 7) is 8.62. The van der Waals surface area contributed by atoms with Crippen molar-refractivity contribution in [3.63, 3.8) is 0 Å². The SMILES string of the molecule is CC[I-]CC1CCN(CC)CC1. The van der Waals surface area contributed by atoms with Crippen molar-refractivity contribution in [2.45, 2.75) is 26.7 Å². The number of hydrogen-bond acceptors (Lipinski definition) is 1. The van der Waals surface area contributed by atoms with Gasteiger partial charge in [-0.25, -0.2) is 0 Å². The van der Waals surface area contributed by atoms with Gasteiger partial charge in [0.2, 0.25) is 0 Å². The Hall–Kier alpha value is 0.690. The minimum absolute atomic E-state index is 0.565. The van der Waals surface area contributed by atoms with E-state index in [-0.39, 0.29) is 0 Å². The van der Waals surface area contributed by atoms with Crippen LogP contribution in [-0.2, 0) is 0 Å². The standard InChI is InChI=1S/C10H21IN/c1-3-11-9-10-5-7-12(4-2)8-6-10/h10H,3-9H2,1-2H3/q-1. The fourth-order valence-electron chi connectivity index (χ4n) is 1.72. The normalized spacial score (nSPS) is 21.8. The van der Waals surface area contributed by atoms with Crippen LogP contribution in [0.1, 0.15) is 26.7 Å². The van der Waals surface area contributed by atoms with Crippen molar-refractivity contribution in [3.8, 4) is 0 Å². The van der Waals surface area contributed by atoms with Gasteiger partial charge in [0.25, 0.3) is 0 Å². The predicted octanol–water partition coefficient (Wildman–Crippen LogP) is -1.17. The maximum atomic E-state index is 2.58. The topological polar surface area (TPSA) is 3.24 Å². The van der Waals surface area contributed by atoms with Gasteiger partial charge in [-0.05, 0) is 0 Å². The summed E-state index contributed by atoms with van der Waals surface area (Å²) in [6, 6.07) is 0. The Bertz CT molecular complexity index is 108. The van der Waals surface area contributed by atoms with Crippen molar-refractivity contribution in [2.24, 2.45) is 5.92 Å². The van der Waals surface area contributed by atoms with Gasteiger partial charge in [0.05, 0.1) is 0 Å². The van der Waals surface area contributed by atoms with Crippen LogP contribution in [0.25, 0.3) is 0 Å². The van der Waals surface area contributed by atoms with E-state index in [1.54, 1.807) is 4.43 Å². The van der Waals surface area contributed by atoms with Crippen molar-refractivity contribution in [1.82, 2.24) is 4.90 Å². The molecular formula is C10H21IN-. The second-order valence-corrected chi connectivity index (χ2v) is 6.97. The molecule has 0 unspecified atom stereocenters. The van der Waals surface area contributed by atoms with Crippen molar-refractivity contribution >= 4 is 0 Å². The minimum atomic E-state index is 0.565. The van der Waals surface area contributed by atoms with Crippen LogP contribution < -0.4 is 21.2 Å². The Morgan fingerprint density at radius 3 is 2.42 bits per heavy atom. The van der Waals surface area contributed by atoms with Gasteiger partial charge in [0.1, 0.15) is 0 Å². The van der Waals surface area contributed by atoms with E-state index in [2.05, 4.69) is 18.7 Å². The first-order chi connectivity index (χ1) is 5.86. The van der Waals surface area contributed by atoms with Crippen molar-refractivity contribution < 1.29 is 21.2 Å². The number of alkyl halides is 2. The maximum absolute atomic E-state index is 2.58. The van der Waals surface area contributed by atoms with Crippen LogP contribution in [0.4, 0.5) is 0 Å². The number of rotatable bonds is 4. The van der Waals surface area contributed by atoms with Gasteiger partial charge >= 0.3 is 87.2 Å². The Labute approximate surface area is 87.2 Å². The summed E-state index contributed by atoms with van der Waals surface area (Å²) in [5.74, 6) is 1.10. The van der Waals surface area contributed by atoms with Crippen LogP contribution in [0.5, 0.6) is 0 Å². The molecule has 0 spiro atoms. The molecule has 2 heteroatoms. The van der Waals surface area contributed by atoms with Crippen molar-refractivity contribution in [3.05, 3.63) is 0 Å². The zero-order chi connectivity index (χ0) is 8.81. The molecule has 0 aromatic carbocycles. The van der Waals surface area contributed by atoms with E-state index in [1.165, 1.54) is 36.9 Å². The fraction of sp³-hybridized carbons (Fsp3) is 1.00. The van der Waals surface area contributed by atoms with Gasteiger partial charge < -0.3 is 0 Å². The van der Waals surface area contributed by atoms with Gasteiger partial charge in [0, 0.05) is 0 Å². The average Bonchev–Trinajstić information content (AvgIpc) is 2.15. The summed E-state index contributed by atoms with van der Waals surface area (Å²) in [4.78, 5) is 2.58. The molecule has 1 heterocycles. The van der Waals surface area contributed by atoms with Crippen LogP contribution in [0.2, 0.25) is 0 Å². The average molecular weight is 282 g/mol. The molecule has 0 aromatic rings.